The van der Waals surface area contributed by atoms with Gasteiger partial charge in [-0.2, -0.15) is 5.10 Å². The van der Waals surface area contributed by atoms with E-state index < -0.39 is 6.36 Å². The fourth-order valence-corrected chi connectivity index (χ4v) is 2.66. The summed E-state index contributed by atoms with van der Waals surface area (Å²) in [5.74, 6) is 0.703. The Labute approximate surface area is 125 Å². The van der Waals surface area contributed by atoms with E-state index in [0.717, 1.165) is 37.3 Å². The van der Waals surface area contributed by atoms with Gasteiger partial charge in [0.05, 0.1) is 11.4 Å². The molecule has 0 fully saturated rings. The van der Waals surface area contributed by atoms with Crippen LogP contribution in [0, 0.1) is 0 Å². The minimum atomic E-state index is -4.68. The second-order valence-electron chi connectivity index (χ2n) is 5.15. The van der Waals surface area contributed by atoms with Gasteiger partial charge in [0.2, 0.25) is 0 Å². The van der Waals surface area contributed by atoms with Gasteiger partial charge in [0.25, 0.3) is 0 Å². The summed E-state index contributed by atoms with van der Waals surface area (Å²) in [7, 11) is 0. The molecule has 1 N–H and O–H groups in total. The molecule has 3 rings (SSSR count). The maximum atomic E-state index is 12.2. The van der Waals surface area contributed by atoms with Crippen molar-refractivity contribution in [1.29, 1.82) is 0 Å². The maximum Gasteiger partial charge on any atom is 0.573 e. The smallest absolute Gasteiger partial charge is 0.406 e. The summed E-state index contributed by atoms with van der Waals surface area (Å²) in [6.45, 7) is 2.95. The molecule has 0 saturated heterocycles. The molecular formula is C15H16F3N3O. The van der Waals surface area contributed by atoms with Crippen molar-refractivity contribution in [2.45, 2.75) is 32.5 Å². The van der Waals surface area contributed by atoms with Crippen LogP contribution in [0.15, 0.2) is 24.3 Å². The Morgan fingerprint density at radius 1 is 1.27 bits per heavy atom. The summed E-state index contributed by atoms with van der Waals surface area (Å²) in [5, 5.41) is 7.88. The van der Waals surface area contributed by atoms with E-state index in [-0.39, 0.29) is 5.75 Å². The molecule has 0 atom stereocenters. The zero-order chi connectivity index (χ0) is 15.7. The van der Waals surface area contributed by atoms with Gasteiger partial charge in [-0.1, -0.05) is 13.3 Å². The molecule has 0 bridgehead atoms. The molecule has 0 unspecified atom stereocenters. The lowest BCUT2D eigenvalue weighted by molar-refractivity contribution is -0.274. The minimum absolute atomic E-state index is 0.234. The third kappa shape index (κ3) is 2.88. The number of nitrogens with zero attached hydrogens (tertiary/aromatic N) is 2. The number of nitrogens with one attached hydrogen (secondary N) is 1. The summed E-state index contributed by atoms with van der Waals surface area (Å²) < 4.78 is 42.2. The van der Waals surface area contributed by atoms with Crippen molar-refractivity contribution < 1.29 is 17.9 Å². The highest BCUT2D eigenvalue weighted by Crippen LogP contribution is 2.30. The number of benzene rings is 1. The van der Waals surface area contributed by atoms with E-state index in [1.165, 1.54) is 17.7 Å². The topological polar surface area (TPSA) is 39.1 Å². The van der Waals surface area contributed by atoms with Crippen LogP contribution in [0.2, 0.25) is 0 Å². The molecule has 2 heterocycles. The lowest BCUT2D eigenvalue weighted by atomic mass is 10.1. The van der Waals surface area contributed by atoms with Gasteiger partial charge in [-0.25, -0.2) is 4.68 Å². The van der Waals surface area contributed by atoms with Gasteiger partial charge >= 0.3 is 6.36 Å². The molecule has 1 aromatic heterocycles. The molecule has 22 heavy (non-hydrogen) atoms. The molecule has 1 aliphatic heterocycles. The number of halogens is 3. The normalized spacial score (nSPS) is 13.8. The molecular weight excluding hydrogens is 295 g/mol. The van der Waals surface area contributed by atoms with Crippen molar-refractivity contribution in [2.75, 3.05) is 11.9 Å². The van der Waals surface area contributed by atoms with Crippen LogP contribution in [0.3, 0.4) is 0 Å². The third-order valence-electron chi connectivity index (χ3n) is 3.54. The van der Waals surface area contributed by atoms with Gasteiger partial charge in [0.1, 0.15) is 11.6 Å². The zero-order valence-electron chi connectivity index (χ0n) is 12.1. The van der Waals surface area contributed by atoms with Crippen molar-refractivity contribution >= 4 is 5.82 Å². The number of aryl methyl sites for hydroxylation is 1. The van der Waals surface area contributed by atoms with E-state index in [9.17, 15) is 13.2 Å². The van der Waals surface area contributed by atoms with Crippen LogP contribution < -0.4 is 10.1 Å². The van der Waals surface area contributed by atoms with E-state index in [4.69, 9.17) is 0 Å². The molecule has 0 amide bonds. The average Bonchev–Trinajstić information content (AvgIpc) is 3.02. The van der Waals surface area contributed by atoms with Crippen LogP contribution in [-0.4, -0.2) is 22.7 Å². The number of fused-ring (bicyclic) bond motifs is 1. The van der Waals surface area contributed by atoms with Crippen molar-refractivity contribution in [3.63, 3.8) is 0 Å². The number of aromatic nitrogens is 2. The van der Waals surface area contributed by atoms with Gasteiger partial charge in [-0.15, -0.1) is 13.2 Å². The Morgan fingerprint density at radius 3 is 2.64 bits per heavy atom. The van der Waals surface area contributed by atoms with E-state index in [1.807, 2.05) is 0 Å². The predicted octanol–water partition coefficient (Wildman–Crippen LogP) is 3.69. The second kappa shape index (κ2) is 5.55. The summed E-state index contributed by atoms with van der Waals surface area (Å²) >= 11 is 0. The largest absolute Gasteiger partial charge is 0.573 e. The summed E-state index contributed by atoms with van der Waals surface area (Å²) in [6, 6.07) is 5.74. The van der Waals surface area contributed by atoms with Crippen molar-refractivity contribution in [3.8, 4) is 11.4 Å². The van der Waals surface area contributed by atoms with Crippen molar-refractivity contribution in [3.05, 3.63) is 35.5 Å². The first-order chi connectivity index (χ1) is 10.5. The average molecular weight is 311 g/mol. The van der Waals surface area contributed by atoms with Crippen molar-refractivity contribution in [1.82, 2.24) is 9.78 Å². The molecule has 1 aromatic carbocycles. The number of hydrogen-bond donors (Lipinski definition) is 1. The Hall–Kier alpha value is -2.18. The van der Waals surface area contributed by atoms with Gasteiger partial charge in [0, 0.05) is 12.1 Å². The Morgan fingerprint density at radius 2 is 2.00 bits per heavy atom. The molecule has 4 nitrogen and oxygen atoms in total. The predicted molar refractivity (Wildman–Crippen MR) is 76.4 cm³/mol. The zero-order valence-corrected chi connectivity index (χ0v) is 12.1. The lowest BCUT2D eigenvalue weighted by Crippen LogP contribution is -2.17. The van der Waals surface area contributed by atoms with E-state index in [0.29, 0.717) is 5.69 Å². The first-order valence-corrected chi connectivity index (χ1v) is 7.19. The SMILES string of the molecule is CCCc1nn(-c2ccc(OC(F)(F)F)cc2)c2c1CCN2. The fraction of sp³-hybridized carbons (Fsp3) is 0.400. The molecule has 1 aliphatic rings. The number of ether oxygens (including phenoxy) is 1. The highest BCUT2D eigenvalue weighted by molar-refractivity contribution is 5.57. The molecule has 0 aliphatic carbocycles. The number of anilines is 1. The van der Waals surface area contributed by atoms with E-state index in [1.54, 1.807) is 16.8 Å². The fourth-order valence-electron chi connectivity index (χ4n) is 2.66. The Balaban J connectivity index is 1.90. The first-order valence-electron chi connectivity index (χ1n) is 7.19. The van der Waals surface area contributed by atoms with Crippen LogP contribution in [0.5, 0.6) is 5.75 Å². The lowest BCUT2D eigenvalue weighted by Gasteiger charge is -2.10. The van der Waals surface area contributed by atoms with Gasteiger partial charge in [-0.3, -0.25) is 0 Å². The molecule has 7 heteroatoms. The standard InChI is InChI=1S/C15H16F3N3O/c1-2-3-13-12-8-9-19-14(12)21(20-13)10-4-6-11(7-5-10)22-15(16,17)18/h4-7,19H,2-3,8-9H2,1H3. The number of rotatable bonds is 4. The van der Waals surface area contributed by atoms with Crippen LogP contribution in [0.4, 0.5) is 19.0 Å². The minimum Gasteiger partial charge on any atom is -0.406 e. The van der Waals surface area contributed by atoms with Gasteiger partial charge in [-0.05, 0) is 37.1 Å². The van der Waals surface area contributed by atoms with Crippen LogP contribution in [0.25, 0.3) is 5.69 Å². The highest BCUT2D eigenvalue weighted by Gasteiger charge is 2.31. The molecule has 118 valence electrons. The summed E-state index contributed by atoms with van der Waals surface area (Å²) in [6.07, 6.45) is -1.85. The van der Waals surface area contributed by atoms with Gasteiger partial charge in [0.15, 0.2) is 0 Å². The Bertz CT molecular complexity index is 662. The highest BCUT2D eigenvalue weighted by atomic mass is 19.4. The van der Waals surface area contributed by atoms with Crippen LogP contribution in [0.1, 0.15) is 24.6 Å². The van der Waals surface area contributed by atoms with Gasteiger partial charge < -0.3 is 10.1 Å². The van der Waals surface area contributed by atoms with E-state index >= 15 is 0 Å². The first kappa shape index (κ1) is 14.7. The number of alkyl halides is 3. The molecule has 0 saturated carbocycles. The maximum absolute atomic E-state index is 12.2. The van der Waals surface area contributed by atoms with Crippen molar-refractivity contribution in [2.24, 2.45) is 0 Å². The monoisotopic (exact) mass is 311 g/mol. The molecule has 2 aromatic rings. The van der Waals surface area contributed by atoms with Crippen LogP contribution >= 0.6 is 0 Å². The quantitative estimate of drug-likeness (QED) is 0.936. The third-order valence-corrected chi connectivity index (χ3v) is 3.54. The van der Waals surface area contributed by atoms with Crippen LogP contribution in [-0.2, 0) is 12.8 Å². The molecule has 0 radical (unpaired) electrons. The summed E-state index contributed by atoms with van der Waals surface area (Å²) in [4.78, 5) is 0. The second-order valence-corrected chi connectivity index (χ2v) is 5.15. The van der Waals surface area contributed by atoms with E-state index in [2.05, 4.69) is 22.1 Å². The summed E-state index contributed by atoms with van der Waals surface area (Å²) in [5.41, 5.74) is 2.97. The molecule has 0 spiro atoms. The Kier molecular flexibility index (Phi) is 3.72. The number of hydrogen-bond acceptors (Lipinski definition) is 3.